The summed E-state index contributed by atoms with van der Waals surface area (Å²) in [5.41, 5.74) is 0.566. The van der Waals surface area contributed by atoms with E-state index >= 15 is 0 Å². The van der Waals surface area contributed by atoms with Crippen molar-refractivity contribution >= 4 is 16.7 Å². The van der Waals surface area contributed by atoms with Crippen LogP contribution >= 0.6 is 0 Å². The smallest absolute Gasteiger partial charge is 0.344 e. The van der Waals surface area contributed by atoms with Gasteiger partial charge in [0.05, 0.1) is 5.39 Å². The lowest BCUT2D eigenvalue weighted by molar-refractivity contribution is 0.0725. The van der Waals surface area contributed by atoms with Crippen LogP contribution in [0.5, 0.6) is 0 Å². The third-order valence-electron chi connectivity index (χ3n) is 4.02. The van der Waals surface area contributed by atoms with Crippen LogP contribution in [-0.4, -0.2) is 23.9 Å². The Morgan fingerprint density at radius 1 is 1.10 bits per heavy atom. The zero-order valence-electron chi connectivity index (χ0n) is 12.2. The highest BCUT2D eigenvalue weighted by Crippen LogP contribution is 2.17. The number of hydrogen-bond donors (Lipinski definition) is 0. The van der Waals surface area contributed by atoms with E-state index in [9.17, 15) is 9.59 Å². The zero-order valence-corrected chi connectivity index (χ0v) is 12.2. The first-order chi connectivity index (χ1) is 10.1. The van der Waals surface area contributed by atoms with Gasteiger partial charge >= 0.3 is 5.63 Å². The Morgan fingerprint density at radius 2 is 1.81 bits per heavy atom. The molecular weight excluding hydrogens is 266 g/mol. The number of fused-ring (bicyclic) bond motifs is 1. The number of carbonyl (C=O) groups is 1. The number of rotatable bonds is 1. The van der Waals surface area contributed by atoms with E-state index in [0.717, 1.165) is 49.7 Å². The molecule has 0 atom stereocenters. The number of likely N-dealkylation sites (tertiary alicyclic amines) is 1. The summed E-state index contributed by atoms with van der Waals surface area (Å²) in [6.45, 7) is 3.41. The number of carbonyl (C=O) groups excluding carboxylic acids is 1. The van der Waals surface area contributed by atoms with Crippen molar-refractivity contribution in [2.75, 3.05) is 13.1 Å². The first-order valence-electron chi connectivity index (χ1n) is 7.49. The molecule has 0 aliphatic carbocycles. The molecule has 4 nitrogen and oxygen atoms in total. The van der Waals surface area contributed by atoms with Crippen molar-refractivity contribution in [3.05, 3.63) is 46.0 Å². The van der Waals surface area contributed by atoms with Gasteiger partial charge in [-0.1, -0.05) is 30.5 Å². The normalized spacial score (nSPS) is 16.0. The number of benzene rings is 1. The first kappa shape index (κ1) is 13.9. The summed E-state index contributed by atoms with van der Waals surface area (Å²) in [6, 6.07) is 7.27. The first-order valence-corrected chi connectivity index (χ1v) is 7.49. The van der Waals surface area contributed by atoms with Gasteiger partial charge in [-0.3, -0.25) is 4.79 Å². The van der Waals surface area contributed by atoms with Crippen LogP contribution in [0.3, 0.4) is 0 Å². The van der Waals surface area contributed by atoms with E-state index in [1.54, 1.807) is 17.0 Å². The average molecular weight is 285 g/mol. The maximum absolute atomic E-state index is 12.5. The van der Waals surface area contributed by atoms with E-state index in [2.05, 4.69) is 0 Å². The van der Waals surface area contributed by atoms with Crippen LogP contribution in [0.1, 0.15) is 41.8 Å². The molecule has 110 valence electrons. The van der Waals surface area contributed by atoms with Gasteiger partial charge in [-0.15, -0.1) is 0 Å². The molecule has 1 aliphatic rings. The third kappa shape index (κ3) is 2.84. The molecule has 0 N–H and O–H groups in total. The molecule has 0 radical (unpaired) electrons. The summed E-state index contributed by atoms with van der Waals surface area (Å²) in [5, 5.41) is 1.29. The minimum absolute atomic E-state index is 0.151. The van der Waals surface area contributed by atoms with Crippen molar-refractivity contribution in [3.63, 3.8) is 0 Å². The van der Waals surface area contributed by atoms with Gasteiger partial charge in [0.15, 0.2) is 5.76 Å². The number of nitrogens with zero attached hydrogens (tertiary/aromatic N) is 1. The topological polar surface area (TPSA) is 50.5 Å². The van der Waals surface area contributed by atoms with Crippen molar-refractivity contribution < 1.29 is 9.21 Å². The minimum Gasteiger partial charge on any atom is -0.417 e. The number of amides is 1. The van der Waals surface area contributed by atoms with Crippen LogP contribution in [0.15, 0.2) is 33.5 Å². The van der Waals surface area contributed by atoms with Crippen LogP contribution in [0.25, 0.3) is 10.8 Å². The van der Waals surface area contributed by atoms with Gasteiger partial charge in [-0.25, -0.2) is 4.79 Å². The van der Waals surface area contributed by atoms with Crippen molar-refractivity contribution in [3.8, 4) is 0 Å². The van der Waals surface area contributed by atoms with Gasteiger partial charge in [0, 0.05) is 13.1 Å². The van der Waals surface area contributed by atoms with Crippen molar-refractivity contribution in [1.29, 1.82) is 0 Å². The fraction of sp³-hybridized carbons (Fsp3) is 0.412. The predicted molar refractivity (Wildman–Crippen MR) is 81.6 cm³/mol. The van der Waals surface area contributed by atoms with Crippen LogP contribution in [0.2, 0.25) is 0 Å². The van der Waals surface area contributed by atoms with E-state index in [0.29, 0.717) is 5.39 Å². The summed E-state index contributed by atoms with van der Waals surface area (Å²) >= 11 is 0. The second-order valence-corrected chi connectivity index (χ2v) is 5.70. The Morgan fingerprint density at radius 3 is 2.52 bits per heavy atom. The quantitative estimate of drug-likeness (QED) is 0.809. The highest BCUT2D eigenvalue weighted by atomic mass is 16.4. The van der Waals surface area contributed by atoms with Crippen molar-refractivity contribution in [1.82, 2.24) is 4.90 Å². The van der Waals surface area contributed by atoms with E-state index in [-0.39, 0.29) is 11.7 Å². The Bertz CT molecular complexity index is 724. The van der Waals surface area contributed by atoms with Crippen molar-refractivity contribution in [2.45, 2.75) is 32.6 Å². The maximum Gasteiger partial charge on any atom is 0.344 e. The number of hydrogen-bond acceptors (Lipinski definition) is 3. The summed E-state index contributed by atoms with van der Waals surface area (Å²) in [5.74, 6) is -0.0188. The van der Waals surface area contributed by atoms with Gasteiger partial charge < -0.3 is 9.32 Å². The van der Waals surface area contributed by atoms with E-state index in [1.807, 2.05) is 19.1 Å². The molecule has 1 saturated heterocycles. The van der Waals surface area contributed by atoms with Crippen LogP contribution in [0.4, 0.5) is 0 Å². The molecular formula is C17H19NO3. The second-order valence-electron chi connectivity index (χ2n) is 5.70. The Kier molecular flexibility index (Phi) is 3.78. The average Bonchev–Trinajstić information content (AvgIpc) is 2.76. The molecule has 1 aliphatic heterocycles. The lowest BCUT2D eigenvalue weighted by Crippen LogP contribution is -2.32. The fourth-order valence-electron chi connectivity index (χ4n) is 2.83. The Hall–Kier alpha value is -2.10. The highest BCUT2D eigenvalue weighted by molar-refractivity contribution is 5.95. The molecule has 21 heavy (non-hydrogen) atoms. The molecule has 1 aromatic heterocycles. The molecule has 0 spiro atoms. The Balaban J connectivity index is 1.98. The van der Waals surface area contributed by atoms with E-state index in [1.165, 1.54) is 0 Å². The molecule has 1 aromatic carbocycles. The number of aryl methyl sites for hydroxylation is 1. The van der Waals surface area contributed by atoms with Crippen LogP contribution < -0.4 is 5.63 Å². The van der Waals surface area contributed by atoms with Gasteiger partial charge in [-0.05, 0) is 37.3 Å². The monoisotopic (exact) mass is 285 g/mol. The molecule has 4 heteroatoms. The molecule has 2 heterocycles. The molecule has 0 unspecified atom stereocenters. The van der Waals surface area contributed by atoms with Gasteiger partial charge in [0.1, 0.15) is 0 Å². The highest BCUT2D eigenvalue weighted by Gasteiger charge is 2.20. The molecule has 1 amide bonds. The molecule has 1 fully saturated rings. The summed E-state index contributed by atoms with van der Waals surface area (Å²) in [6.07, 6.45) is 4.35. The second kappa shape index (κ2) is 5.72. The van der Waals surface area contributed by atoms with Gasteiger partial charge in [-0.2, -0.15) is 0 Å². The predicted octanol–water partition coefficient (Wildman–Crippen LogP) is 3.12. The SMILES string of the molecule is Cc1ccc2cc(C(=O)N3CCCCCC3)oc(=O)c2c1. The third-order valence-corrected chi connectivity index (χ3v) is 4.02. The summed E-state index contributed by atoms with van der Waals surface area (Å²) in [4.78, 5) is 26.4. The Labute approximate surface area is 123 Å². The molecule has 2 aromatic rings. The van der Waals surface area contributed by atoms with E-state index in [4.69, 9.17) is 4.42 Å². The van der Waals surface area contributed by atoms with E-state index < -0.39 is 5.63 Å². The van der Waals surface area contributed by atoms with Gasteiger partial charge in [0.2, 0.25) is 0 Å². The maximum atomic E-state index is 12.5. The van der Waals surface area contributed by atoms with Crippen LogP contribution in [0, 0.1) is 6.92 Å². The molecule has 3 rings (SSSR count). The van der Waals surface area contributed by atoms with Gasteiger partial charge in [0.25, 0.3) is 5.91 Å². The fourth-order valence-corrected chi connectivity index (χ4v) is 2.83. The van der Waals surface area contributed by atoms with Crippen LogP contribution in [-0.2, 0) is 0 Å². The minimum atomic E-state index is -0.436. The lowest BCUT2D eigenvalue weighted by Gasteiger charge is -2.19. The summed E-state index contributed by atoms with van der Waals surface area (Å²) in [7, 11) is 0. The standard InChI is InChI=1S/C17H19NO3/c1-12-6-7-13-11-15(21-17(20)14(13)10-12)16(19)18-8-4-2-3-5-9-18/h6-7,10-11H,2-5,8-9H2,1H3. The molecule has 0 bridgehead atoms. The zero-order chi connectivity index (χ0) is 14.8. The molecule has 0 saturated carbocycles. The lowest BCUT2D eigenvalue weighted by atomic mass is 10.1. The summed E-state index contributed by atoms with van der Waals surface area (Å²) < 4.78 is 5.25. The largest absolute Gasteiger partial charge is 0.417 e. The van der Waals surface area contributed by atoms with Crippen molar-refractivity contribution in [2.24, 2.45) is 0 Å².